The van der Waals surface area contributed by atoms with Crippen molar-refractivity contribution in [1.29, 1.82) is 0 Å². The Balaban J connectivity index is 2.35. The van der Waals surface area contributed by atoms with Crippen LogP contribution in [0, 0.1) is 6.92 Å². The molecule has 1 N–H and O–H groups in total. The van der Waals surface area contributed by atoms with Gasteiger partial charge in [0.05, 0.1) is 0 Å². The maximum absolute atomic E-state index is 8.99. The van der Waals surface area contributed by atoms with Crippen LogP contribution in [0.2, 0.25) is 0 Å². The van der Waals surface area contributed by atoms with E-state index in [0.29, 0.717) is 5.92 Å². The van der Waals surface area contributed by atoms with Crippen molar-refractivity contribution in [2.45, 2.75) is 19.3 Å². The van der Waals surface area contributed by atoms with Crippen LogP contribution in [0.25, 0.3) is 0 Å². The standard InChI is InChI=1S/C12H17NO/c1-9-3-4-12-11(7-9)10(5-6-14)8-13(12)2/h3-4,7,10,14H,5-6,8H2,1-2H3. The van der Waals surface area contributed by atoms with E-state index in [1.807, 2.05) is 0 Å². The SMILES string of the molecule is Cc1ccc2c(c1)C(CCO)CN2C. The first kappa shape index (κ1) is 9.53. The minimum atomic E-state index is 0.284. The third-order valence-electron chi connectivity index (χ3n) is 3.01. The highest BCUT2D eigenvalue weighted by Crippen LogP contribution is 2.37. The van der Waals surface area contributed by atoms with Gasteiger partial charge in [-0.15, -0.1) is 0 Å². The molecule has 1 heterocycles. The van der Waals surface area contributed by atoms with Crippen molar-refractivity contribution in [2.24, 2.45) is 0 Å². The molecule has 0 amide bonds. The van der Waals surface area contributed by atoms with Crippen LogP contribution in [0.15, 0.2) is 18.2 Å². The molecule has 2 rings (SSSR count). The van der Waals surface area contributed by atoms with Gasteiger partial charge in [-0.25, -0.2) is 0 Å². The number of nitrogens with zero attached hydrogens (tertiary/aromatic N) is 1. The fourth-order valence-corrected chi connectivity index (χ4v) is 2.28. The maximum atomic E-state index is 8.99. The molecule has 0 bridgehead atoms. The van der Waals surface area contributed by atoms with Gasteiger partial charge in [0.15, 0.2) is 0 Å². The van der Waals surface area contributed by atoms with Gasteiger partial charge in [0, 0.05) is 31.8 Å². The molecule has 76 valence electrons. The summed E-state index contributed by atoms with van der Waals surface area (Å²) in [6.45, 7) is 3.44. The summed E-state index contributed by atoms with van der Waals surface area (Å²) in [7, 11) is 2.12. The van der Waals surface area contributed by atoms with Gasteiger partial charge in [-0.2, -0.15) is 0 Å². The third kappa shape index (κ3) is 1.50. The zero-order valence-electron chi connectivity index (χ0n) is 8.83. The molecule has 2 heteroatoms. The second-order valence-corrected chi connectivity index (χ2v) is 4.15. The van der Waals surface area contributed by atoms with E-state index < -0.39 is 0 Å². The molecule has 1 atom stereocenters. The van der Waals surface area contributed by atoms with Gasteiger partial charge in [0.2, 0.25) is 0 Å². The molecule has 1 aromatic carbocycles. The molecule has 2 nitrogen and oxygen atoms in total. The van der Waals surface area contributed by atoms with Gasteiger partial charge in [0.25, 0.3) is 0 Å². The molecular formula is C12H17NO. The highest BCUT2D eigenvalue weighted by molar-refractivity contribution is 5.60. The van der Waals surface area contributed by atoms with Crippen LogP contribution in [0.3, 0.4) is 0 Å². The number of rotatable bonds is 2. The van der Waals surface area contributed by atoms with Crippen LogP contribution in [-0.4, -0.2) is 25.3 Å². The summed E-state index contributed by atoms with van der Waals surface area (Å²) in [4.78, 5) is 2.27. The van der Waals surface area contributed by atoms with Gasteiger partial charge in [-0.05, 0) is 25.0 Å². The molecule has 14 heavy (non-hydrogen) atoms. The molecule has 1 aliphatic heterocycles. The molecule has 1 unspecified atom stereocenters. The van der Waals surface area contributed by atoms with Crippen LogP contribution < -0.4 is 4.90 Å². The van der Waals surface area contributed by atoms with E-state index in [4.69, 9.17) is 5.11 Å². The van der Waals surface area contributed by atoms with Crippen LogP contribution >= 0.6 is 0 Å². The third-order valence-corrected chi connectivity index (χ3v) is 3.01. The molecule has 0 radical (unpaired) electrons. The monoisotopic (exact) mass is 191 g/mol. The minimum absolute atomic E-state index is 0.284. The fourth-order valence-electron chi connectivity index (χ4n) is 2.28. The highest BCUT2D eigenvalue weighted by Gasteiger charge is 2.25. The van der Waals surface area contributed by atoms with Gasteiger partial charge in [0.1, 0.15) is 0 Å². The number of hydrogen-bond acceptors (Lipinski definition) is 2. The van der Waals surface area contributed by atoms with Crippen molar-refractivity contribution in [3.63, 3.8) is 0 Å². The van der Waals surface area contributed by atoms with E-state index in [1.165, 1.54) is 16.8 Å². The van der Waals surface area contributed by atoms with E-state index in [2.05, 4.69) is 37.1 Å². The first-order valence-corrected chi connectivity index (χ1v) is 5.15. The summed E-state index contributed by atoms with van der Waals surface area (Å²) < 4.78 is 0. The van der Waals surface area contributed by atoms with E-state index in [9.17, 15) is 0 Å². The minimum Gasteiger partial charge on any atom is -0.396 e. The number of likely N-dealkylation sites (N-methyl/N-ethyl adjacent to an activating group) is 1. The second kappa shape index (κ2) is 3.62. The predicted molar refractivity (Wildman–Crippen MR) is 58.9 cm³/mol. The summed E-state index contributed by atoms with van der Waals surface area (Å²) in [6, 6.07) is 6.58. The van der Waals surface area contributed by atoms with Gasteiger partial charge in [-0.1, -0.05) is 17.7 Å². The van der Waals surface area contributed by atoms with E-state index in [1.54, 1.807) is 0 Å². The maximum Gasteiger partial charge on any atom is 0.0437 e. The van der Waals surface area contributed by atoms with Crippen LogP contribution in [0.4, 0.5) is 5.69 Å². The fraction of sp³-hybridized carbons (Fsp3) is 0.500. The molecule has 0 spiro atoms. The lowest BCUT2D eigenvalue weighted by Crippen LogP contribution is -2.15. The number of benzene rings is 1. The normalized spacial score (nSPS) is 19.9. The average Bonchev–Trinajstić information content (AvgIpc) is 2.44. The number of aliphatic hydroxyl groups excluding tert-OH is 1. The predicted octanol–water partition coefficient (Wildman–Crippen LogP) is 1.91. The van der Waals surface area contributed by atoms with Crippen LogP contribution in [0.5, 0.6) is 0 Å². The van der Waals surface area contributed by atoms with Crippen LogP contribution in [-0.2, 0) is 0 Å². The van der Waals surface area contributed by atoms with Crippen molar-refractivity contribution < 1.29 is 5.11 Å². The Hall–Kier alpha value is -1.02. The quantitative estimate of drug-likeness (QED) is 0.772. The Morgan fingerprint density at radius 3 is 3.00 bits per heavy atom. The molecule has 1 aliphatic rings. The molecule has 0 saturated heterocycles. The van der Waals surface area contributed by atoms with E-state index >= 15 is 0 Å². The molecule has 0 fully saturated rings. The molecular weight excluding hydrogens is 174 g/mol. The first-order chi connectivity index (χ1) is 6.72. The molecule has 0 saturated carbocycles. The summed E-state index contributed by atoms with van der Waals surface area (Å²) in [5, 5.41) is 8.99. The number of aryl methyl sites for hydroxylation is 1. The second-order valence-electron chi connectivity index (χ2n) is 4.15. The first-order valence-electron chi connectivity index (χ1n) is 5.15. The van der Waals surface area contributed by atoms with Crippen LogP contribution in [0.1, 0.15) is 23.5 Å². The molecule has 0 aliphatic carbocycles. The van der Waals surface area contributed by atoms with E-state index in [-0.39, 0.29) is 6.61 Å². The van der Waals surface area contributed by atoms with Crippen molar-refractivity contribution in [3.8, 4) is 0 Å². The number of fused-ring (bicyclic) bond motifs is 1. The Bertz CT molecular complexity index is 335. The lowest BCUT2D eigenvalue weighted by Gasteiger charge is -2.11. The van der Waals surface area contributed by atoms with Gasteiger partial charge >= 0.3 is 0 Å². The summed E-state index contributed by atoms with van der Waals surface area (Å²) in [6.07, 6.45) is 0.876. The lowest BCUT2D eigenvalue weighted by molar-refractivity contribution is 0.278. The Kier molecular flexibility index (Phi) is 2.46. The Labute approximate surface area is 85.2 Å². The largest absolute Gasteiger partial charge is 0.396 e. The molecule has 0 aromatic heterocycles. The summed E-state index contributed by atoms with van der Waals surface area (Å²) in [5.41, 5.74) is 4.04. The smallest absolute Gasteiger partial charge is 0.0437 e. The van der Waals surface area contributed by atoms with Crippen molar-refractivity contribution in [2.75, 3.05) is 25.1 Å². The van der Waals surface area contributed by atoms with Crippen molar-refractivity contribution in [1.82, 2.24) is 0 Å². The topological polar surface area (TPSA) is 23.5 Å². The Morgan fingerprint density at radius 1 is 1.50 bits per heavy atom. The van der Waals surface area contributed by atoms with E-state index in [0.717, 1.165) is 13.0 Å². The van der Waals surface area contributed by atoms with Crippen molar-refractivity contribution in [3.05, 3.63) is 29.3 Å². The van der Waals surface area contributed by atoms with Gasteiger partial charge < -0.3 is 10.0 Å². The average molecular weight is 191 g/mol. The zero-order valence-corrected chi connectivity index (χ0v) is 8.83. The number of anilines is 1. The molecule has 1 aromatic rings. The number of aliphatic hydroxyl groups is 1. The number of hydrogen-bond donors (Lipinski definition) is 1. The van der Waals surface area contributed by atoms with Crippen molar-refractivity contribution >= 4 is 5.69 Å². The Morgan fingerprint density at radius 2 is 2.29 bits per heavy atom. The highest BCUT2D eigenvalue weighted by atomic mass is 16.3. The summed E-state index contributed by atoms with van der Waals surface area (Å²) >= 11 is 0. The zero-order chi connectivity index (χ0) is 10.1. The van der Waals surface area contributed by atoms with Gasteiger partial charge in [-0.3, -0.25) is 0 Å². The summed E-state index contributed by atoms with van der Waals surface area (Å²) in [5.74, 6) is 0.514. The lowest BCUT2D eigenvalue weighted by atomic mass is 9.97.